The molecule has 0 bridgehead atoms. The zero-order valence-corrected chi connectivity index (χ0v) is 38.8. The van der Waals surface area contributed by atoms with Crippen LogP contribution in [-0.2, 0) is 24.4 Å². The van der Waals surface area contributed by atoms with E-state index in [2.05, 4.69) is 57.8 Å². The van der Waals surface area contributed by atoms with E-state index in [4.69, 9.17) is 32.7 Å². The van der Waals surface area contributed by atoms with Gasteiger partial charge in [-0.15, -0.1) is 13.2 Å². The van der Waals surface area contributed by atoms with Crippen molar-refractivity contribution >= 4 is 45.7 Å². The third-order valence-electron chi connectivity index (χ3n) is 12.8. The Balaban J connectivity index is 0.973. The highest BCUT2D eigenvalue weighted by Crippen LogP contribution is 2.40. The number of amides is 1. The van der Waals surface area contributed by atoms with E-state index in [1.54, 1.807) is 32.5 Å². The number of fused-ring (bicyclic) bond motifs is 1. The Morgan fingerprint density at radius 1 is 0.864 bits per heavy atom. The number of alkyl halides is 3. The van der Waals surface area contributed by atoms with Crippen LogP contribution in [0.4, 0.5) is 18.9 Å². The molecule has 2 saturated heterocycles. The monoisotopic (exact) mass is 943 g/mol. The topological polar surface area (TPSA) is 96.4 Å². The first-order valence-electron chi connectivity index (χ1n) is 22.1. The SMILES string of the molecule is COc1cccc(OC)c1-c1cc(N(C)C2(C(=O)NCCCn3cc(-c4ccc(OC(F)(F)F)cc4)c4cc(CN5CCN(Cc6c(Cl)cccc6Cl)CC5)ccc43)CCNCC2)ccn1. The minimum atomic E-state index is -4.79. The van der Waals surface area contributed by atoms with Crippen molar-refractivity contribution in [1.29, 1.82) is 0 Å². The summed E-state index contributed by atoms with van der Waals surface area (Å²) in [6.07, 6.45) is 0.868. The number of piperazine rings is 1. The van der Waals surface area contributed by atoms with Gasteiger partial charge in [-0.05, 0) is 104 Å². The van der Waals surface area contributed by atoms with E-state index in [0.717, 1.165) is 77.1 Å². The molecule has 1 amide bonds. The highest BCUT2D eigenvalue weighted by Gasteiger charge is 2.43. The summed E-state index contributed by atoms with van der Waals surface area (Å²) in [4.78, 5) is 25.9. The molecule has 2 fully saturated rings. The van der Waals surface area contributed by atoms with Gasteiger partial charge in [0, 0.05) is 110 Å². The first-order chi connectivity index (χ1) is 31.9. The highest BCUT2D eigenvalue weighted by atomic mass is 35.5. The predicted molar refractivity (Wildman–Crippen MR) is 255 cm³/mol. The van der Waals surface area contributed by atoms with Gasteiger partial charge < -0.3 is 34.3 Å². The lowest BCUT2D eigenvalue weighted by Crippen LogP contribution is -2.62. The standard InChI is InChI=1S/C50H54Cl2F3N7O4/c1-59(36-17-21-57-43(30-36)47-45(64-2)9-5-10-46(47)65-3)49(18-22-56-23-19-49)48(63)58-20-6-24-62-33-39(35-12-14-37(15-13-35)66-50(53,54)55)38-29-34(11-16-44(38)62)31-60-25-27-61(28-26-60)32-40-41(51)7-4-8-42(40)52/h4-5,7-17,21,29-30,33,56H,6,18-20,22-28,31-32H2,1-3H3,(H,58,63). The minimum Gasteiger partial charge on any atom is -0.496 e. The molecule has 2 aromatic heterocycles. The van der Waals surface area contributed by atoms with Crippen molar-refractivity contribution in [3.8, 4) is 39.6 Å². The maximum Gasteiger partial charge on any atom is 0.573 e. The number of aromatic nitrogens is 2. The number of carbonyl (C=O) groups is 1. The predicted octanol–water partition coefficient (Wildman–Crippen LogP) is 9.68. The van der Waals surface area contributed by atoms with Crippen molar-refractivity contribution in [2.75, 3.05) is 72.0 Å². The van der Waals surface area contributed by atoms with Crippen molar-refractivity contribution < 1.29 is 32.2 Å². The lowest BCUT2D eigenvalue weighted by atomic mass is 9.85. The molecule has 0 atom stereocenters. The Morgan fingerprint density at radius 3 is 2.17 bits per heavy atom. The van der Waals surface area contributed by atoms with Crippen LogP contribution in [0.5, 0.6) is 17.2 Å². The van der Waals surface area contributed by atoms with Crippen molar-refractivity contribution in [2.45, 2.75) is 50.8 Å². The smallest absolute Gasteiger partial charge is 0.496 e. The third kappa shape index (κ3) is 10.5. The summed E-state index contributed by atoms with van der Waals surface area (Å²) in [5, 5.41) is 9.03. The number of nitrogens with one attached hydrogen (secondary N) is 2. The van der Waals surface area contributed by atoms with Crippen LogP contribution in [0.2, 0.25) is 10.0 Å². The zero-order chi connectivity index (χ0) is 46.4. The summed E-state index contributed by atoms with van der Waals surface area (Å²) in [6, 6.07) is 27.5. The number of likely N-dealkylation sites (N-methyl/N-ethyl adjacent to an activating group) is 1. The summed E-state index contributed by atoms with van der Waals surface area (Å²) in [7, 11) is 5.19. The second kappa shape index (κ2) is 20.6. The molecule has 348 valence electrons. The average Bonchev–Trinajstić information content (AvgIpc) is 3.68. The number of halogens is 5. The second-order valence-corrected chi connectivity index (χ2v) is 17.6. The molecule has 11 nitrogen and oxygen atoms in total. The quantitative estimate of drug-likeness (QED) is 0.0921. The third-order valence-corrected chi connectivity index (χ3v) is 13.5. The number of methoxy groups -OCH3 is 2. The van der Waals surface area contributed by atoms with Crippen LogP contribution in [0.3, 0.4) is 0 Å². The maximum atomic E-state index is 14.4. The molecule has 2 aliphatic heterocycles. The van der Waals surface area contributed by atoms with E-state index in [-0.39, 0.29) is 11.7 Å². The molecule has 0 unspecified atom stereocenters. The largest absolute Gasteiger partial charge is 0.573 e. The summed E-state index contributed by atoms with van der Waals surface area (Å²) in [5.74, 6) is 0.946. The number of anilines is 1. The van der Waals surface area contributed by atoms with Gasteiger partial charge >= 0.3 is 6.36 Å². The number of rotatable bonds is 16. The number of piperidine rings is 1. The minimum absolute atomic E-state index is 0.0444. The first-order valence-corrected chi connectivity index (χ1v) is 22.9. The number of carbonyl (C=O) groups excluding carboxylic acids is 1. The normalized spacial score (nSPS) is 15.7. The van der Waals surface area contributed by atoms with Gasteiger partial charge in [-0.1, -0.05) is 53.5 Å². The van der Waals surface area contributed by atoms with Gasteiger partial charge in [0.1, 0.15) is 22.8 Å². The van der Waals surface area contributed by atoms with E-state index in [1.165, 1.54) is 12.1 Å². The number of benzene rings is 4. The van der Waals surface area contributed by atoms with Gasteiger partial charge in [0.2, 0.25) is 5.91 Å². The zero-order valence-electron chi connectivity index (χ0n) is 37.3. The molecule has 0 aliphatic carbocycles. The van der Waals surface area contributed by atoms with E-state index in [1.807, 2.05) is 61.8 Å². The Hall–Kier alpha value is -5.51. The fraction of sp³-hybridized carbons (Fsp3) is 0.360. The van der Waals surface area contributed by atoms with Crippen LogP contribution in [0.25, 0.3) is 33.3 Å². The molecular formula is C50H54Cl2F3N7O4. The molecule has 0 radical (unpaired) electrons. The van der Waals surface area contributed by atoms with Crippen molar-refractivity contribution in [2.24, 2.45) is 0 Å². The number of nitrogens with zero attached hydrogens (tertiary/aromatic N) is 5. The van der Waals surface area contributed by atoms with Crippen LogP contribution in [0.15, 0.2) is 103 Å². The number of pyridine rings is 1. The van der Waals surface area contributed by atoms with Crippen molar-refractivity contribution in [3.63, 3.8) is 0 Å². The molecule has 4 aromatic carbocycles. The Bertz CT molecular complexity index is 2590. The summed E-state index contributed by atoms with van der Waals surface area (Å²) >= 11 is 12.9. The summed E-state index contributed by atoms with van der Waals surface area (Å²) < 4.78 is 56.8. The lowest BCUT2D eigenvalue weighted by molar-refractivity contribution is -0.274. The van der Waals surface area contributed by atoms with Gasteiger partial charge in [-0.2, -0.15) is 0 Å². The van der Waals surface area contributed by atoms with Crippen LogP contribution in [0.1, 0.15) is 30.4 Å². The van der Waals surface area contributed by atoms with Gasteiger partial charge in [-0.3, -0.25) is 19.6 Å². The van der Waals surface area contributed by atoms with Gasteiger partial charge in [-0.25, -0.2) is 0 Å². The fourth-order valence-corrected chi connectivity index (χ4v) is 9.77. The molecule has 0 spiro atoms. The fourth-order valence-electron chi connectivity index (χ4n) is 9.25. The van der Waals surface area contributed by atoms with Gasteiger partial charge in [0.15, 0.2) is 0 Å². The van der Waals surface area contributed by atoms with Crippen LogP contribution < -0.4 is 29.7 Å². The Labute approximate surface area is 393 Å². The van der Waals surface area contributed by atoms with Gasteiger partial charge in [0.25, 0.3) is 0 Å². The second-order valence-electron chi connectivity index (χ2n) is 16.8. The van der Waals surface area contributed by atoms with Crippen LogP contribution in [-0.4, -0.2) is 104 Å². The number of aryl methyl sites for hydroxylation is 1. The van der Waals surface area contributed by atoms with Crippen LogP contribution >= 0.6 is 23.2 Å². The molecular weight excluding hydrogens is 890 g/mol. The summed E-state index contributed by atoms with van der Waals surface area (Å²) in [6.45, 7) is 7.32. The maximum absolute atomic E-state index is 14.4. The van der Waals surface area contributed by atoms with Crippen molar-refractivity contribution in [1.82, 2.24) is 30.0 Å². The number of ether oxygens (including phenoxy) is 3. The number of hydrogen-bond donors (Lipinski definition) is 2. The van der Waals surface area contributed by atoms with E-state index >= 15 is 0 Å². The van der Waals surface area contributed by atoms with E-state index in [9.17, 15) is 18.0 Å². The molecule has 4 heterocycles. The highest BCUT2D eigenvalue weighted by molar-refractivity contribution is 6.36. The van der Waals surface area contributed by atoms with Crippen molar-refractivity contribution in [3.05, 3.63) is 125 Å². The lowest BCUT2D eigenvalue weighted by Gasteiger charge is -2.44. The molecule has 2 N–H and O–H groups in total. The molecule has 16 heteroatoms. The van der Waals surface area contributed by atoms with Crippen LogP contribution in [0, 0.1) is 0 Å². The van der Waals surface area contributed by atoms with Gasteiger partial charge in [0.05, 0.1) is 25.5 Å². The molecule has 8 rings (SSSR count). The molecule has 6 aromatic rings. The van der Waals surface area contributed by atoms with E-state index in [0.29, 0.717) is 79.2 Å². The number of hydrogen-bond acceptors (Lipinski definition) is 9. The molecule has 66 heavy (non-hydrogen) atoms. The average molecular weight is 945 g/mol. The summed E-state index contributed by atoms with van der Waals surface area (Å²) in [5.41, 5.74) is 6.17. The Morgan fingerprint density at radius 2 is 1.52 bits per heavy atom. The molecule has 2 aliphatic rings. The molecule has 0 saturated carbocycles. The van der Waals surface area contributed by atoms with E-state index < -0.39 is 11.9 Å². The Kier molecular flexibility index (Phi) is 14.6. The first kappa shape index (κ1) is 47.0.